The summed E-state index contributed by atoms with van der Waals surface area (Å²) in [6.07, 6.45) is 0.533. The maximum Gasteiger partial charge on any atom is 0.316 e. The average molecular weight is 431 g/mol. The molecule has 1 heterocycles. The van der Waals surface area contributed by atoms with E-state index >= 15 is 0 Å². The van der Waals surface area contributed by atoms with Crippen molar-refractivity contribution >= 4 is 46.3 Å². The molecule has 0 bridgehead atoms. The van der Waals surface area contributed by atoms with Gasteiger partial charge in [-0.15, -0.1) is 0 Å². The molecule has 0 aromatic heterocycles. The number of carbonyl (C=O) groups is 2. The molecule has 7 heteroatoms. The molecule has 0 saturated heterocycles. The van der Waals surface area contributed by atoms with Crippen molar-refractivity contribution in [3.05, 3.63) is 69.3 Å². The van der Waals surface area contributed by atoms with Gasteiger partial charge in [0.05, 0.1) is 34.6 Å². The van der Waals surface area contributed by atoms with Crippen molar-refractivity contribution in [3.8, 4) is 0 Å². The summed E-state index contributed by atoms with van der Waals surface area (Å²) in [4.78, 5) is 25.9. The molecule has 3 atom stereocenters. The number of hydrogen-bond donors (Lipinski definition) is 2. The highest BCUT2D eigenvalue weighted by Gasteiger charge is 2.44. The molecule has 2 aliphatic rings. The minimum absolute atomic E-state index is 0.193. The summed E-state index contributed by atoms with van der Waals surface area (Å²) < 4.78 is 4.92. The molecule has 0 amide bonds. The van der Waals surface area contributed by atoms with Crippen molar-refractivity contribution in [2.45, 2.75) is 19.4 Å². The van der Waals surface area contributed by atoms with Gasteiger partial charge in [-0.3, -0.25) is 9.59 Å². The number of Topliss-reactive ketones (excluding diaryl/α,β-unsaturated/α-hetero) is 1. The number of esters is 1. The molecule has 0 spiro atoms. The first-order chi connectivity index (χ1) is 13.9. The standard InChI is InChI=1S/C22H20Cl2N2O3/c1-11-10-16-18(21(27)17(11)22(28)29-2)20(12-6-5-7-13(23)19(12)24)26-15-9-4-3-8-14(15)25-16/h3-9,11,17,20,25-26H,10H2,1-2H3/t11-,17-,20+/m0/s1. The predicted molar refractivity (Wildman–Crippen MR) is 114 cm³/mol. The normalized spacial score (nSPS) is 23.3. The number of hydrogen-bond acceptors (Lipinski definition) is 5. The highest BCUT2D eigenvalue weighted by atomic mass is 35.5. The van der Waals surface area contributed by atoms with Gasteiger partial charge in [-0.25, -0.2) is 0 Å². The maximum atomic E-state index is 13.5. The van der Waals surface area contributed by atoms with Crippen molar-refractivity contribution in [3.63, 3.8) is 0 Å². The lowest BCUT2D eigenvalue weighted by atomic mass is 9.75. The summed E-state index contributed by atoms with van der Waals surface area (Å²) >= 11 is 12.8. The van der Waals surface area contributed by atoms with E-state index in [2.05, 4.69) is 10.6 Å². The third-order valence-corrected chi connectivity index (χ3v) is 6.35. The van der Waals surface area contributed by atoms with Gasteiger partial charge in [0.2, 0.25) is 0 Å². The molecule has 2 N–H and O–H groups in total. The maximum absolute atomic E-state index is 13.5. The van der Waals surface area contributed by atoms with Gasteiger partial charge in [0.25, 0.3) is 0 Å². The first-order valence-electron chi connectivity index (χ1n) is 9.34. The van der Waals surface area contributed by atoms with Gasteiger partial charge in [-0.05, 0) is 36.1 Å². The van der Waals surface area contributed by atoms with Crippen molar-refractivity contribution in [2.24, 2.45) is 11.8 Å². The molecule has 2 aromatic carbocycles. The molecule has 0 saturated carbocycles. The lowest BCUT2D eigenvalue weighted by Crippen LogP contribution is -2.39. The fourth-order valence-electron chi connectivity index (χ4n) is 4.11. The van der Waals surface area contributed by atoms with Crippen LogP contribution in [0, 0.1) is 11.8 Å². The summed E-state index contributed by atoms with van der Waals surface area (Å²) in [6.45, 7) is 1.89. The van der Waals surface area contributed by atoms with Crippen LogP contribution in [0.3, 0.4) is 0 Å². The largest absolute Gasteiger partial charge is 0.468 e. The number of para-hydroxylation sites is 2. The molecule has 150 valence electrons. The van der Waals surface area contributed by atoms with Crippen molar-refractivity contribution in [1.29, 1.82) is 0 Å². The van der Waals surface area contributed by atoms with Crippen LogP contribution in [0.4, 0.5) is 11.4 Å². The summed E-state index contributed by atoms with van der Waals surface area (Å²) in [5, 5.41) is 7.61. The second-order valence-corrected chi connectivity index (χ2v) is 8.11. The predicted octanol–water partition coefficient (Wildman–Crippen LogP) is 5.22. The molecule has 2 aromatic rings. The van der Waals surface area contributed by atoms with E-state index in [0.29, 0.717) is 27.6 Å². The summed E-state index contributed by atoms with van der Waals surface area (Å²) in [5.74, 6) is -1.84. The SMILES string of the molecule is COC(=O)[C@@H]1C(=O)C2=C(C[C@@H]1C)Nc1ccccc1N[C@@H]2c1cccc(Cl)c1Cl. The first-order valence-corrected chi connectivity index (χ1v) is 10.1. The zero-order valence-electron chi connectivity index (χ0n) is 16.0. The van der Waals surface area contributed by atoms with E-state index in [-0.39, 0.29) is 11.7 Å². The molecule has 0 fully saturated rings. The Labute approximate surface area is 179 Å². The zero-order valence-corrected chi connectivity index (χ0v) is 17.5. The number of fused-ring (bicyclic) bond motifs is 1. The fourth-order valence-corrected chi connectivity index (χ4v) is 4.53. The lowest BCUT2D eigenvalue weighted by molar-refractivity contribution is -0.151. The van der Waals surface area contributed by atoms with Crippen LogP contribution >= 0.6 is 23.2 Å². The Morgan fingerprint density at radius 1 is 1.10 bits per heavy atom. The summed E-state index contributed by atoms with van der Waals surface area (Å²) in [6, 6.07) is 12.5. The molecule has 4 rings (SSSR count). The number of rotatable bonds is 2. The van der Waals surface area contributed by atoms with Crippen LogP contribution in [-0.4, -0.2) is 18.9 Å². The number of ether oxygens (including phenoxy) is 1. The van der Waals surface area contributed by atoms with Gasteiger partial charge in [0.15, 0.2) is 5.78 Å². The number of benzene rings is 2. The monoisotopic (exact) mass is 430 g/mol. The Bertz CT molecular complexity index is 1030. The Kier molecular flexibility index (Phi) is 5.28. The molecule has 1 aliphatic carbocycles. The van der Waals surface area contributed by atoms with Gasteiger partial charge in [0, 0.05) is 11.3 Å². The van der Waals surface area contributed by atoms with E-state index in [1.165, 1.54) is 7.11 Å². The van der Waals surface area contributed by atoms with Crippen LogP contribution in [0.25, 0.3) is 0 Å². The first kappa shape index (κ1) is 19.8. The van der Waals surface area contributed by atoms with Gasteiger partial charge >= 0.3 is 5.97 Å². The topological polar surface area (TPSA) is 67.4 Å². The van der Waals surface area contributed by atoms with Gasteiger partial charge < -0.3 is 15.4 Å². The number of anilines is 2. The number of methoxy groups -OCH3 is 1. The molecule has 0 unspecified atom stereocenters. The van der Waals surface area contributed by atoms with Crippen LogP contribution in [-0.2, 0) is 14.3 Å². The zero-order chi connectivity index (χ0) is 20.7. The Hall–Kier alpha value is -2.50. The second-order valence-electron chi connectivity index (χ2n) is 7.33. The molecule has 5 nitrogen and oxygen atoms in total. The molecule has 0 radical (unpaired) electrons. The molecule has 29 heavy (non-hydrogen) atoms. The number of nitrogens with one attached hydrogen (secondary N) is 2. The number of ketones is 1. The number of allylic oxidation sites excluding steroid dienone is 1. The number of halogens is 2. The van der Waals surface area contributed by atoms with Crippen LogP contribution in [0.1, 0.15) is 24.9 Å². The lowest BCUT2D eigenvalue weighted by Gasteiger charge is -2.32. The third-order valence-electron chi connectivity index (χ3n) is 5.52. The van der Waals surface area contributed by atoms with E-state index in [1.807, 2.05) is 37.3 Å². The summed E-state index contributed by atoms with van der Waals surface area (Å²) in [7, 11) is 1.30. The fraction of sp³-hybridized carbons (Fsp3) is 0.273. The molecular weight excluding hydrogens is 411 g/mol. The smallest absolute Gasteiger partial charge is 0.316 e. The van der Waals surface area contributed by atoms with Gasteiger partial charge in [-0.2, -0.15) is 0 Å². The van der Waals surface area contributed by atoms with Gasteiger partial charge in [-0.1, -0.05) is 54.4 Å². The van der Waals surface area contributed by atoms with Crippen LogP contribution in [0.5, 0.6) is 0 Å². The van der Waals surface area contributed by atoms with E-state index in [1.54, 1.807) is 12.1 Å². The minimum atomic E-state index is -0.857. The Balaban J connectivity index is 1.92. The molecule has 1 aliphatic heterocycles. The average Bonchev–Trinajstić information content (AvgIpc) is 2.86. The van der Waals surface area contributed by atoms with Crippen molar-refractivity contribution in [1.82, 2.24) is 0 Å². The minimum Gasteiger partial charge on any atom is -0.468 e. The van der Waals surface area contributed by atoms with E-state index in [0.717, 1.165) is 17.1 Å². The molecular formula is C22H20Cl2N2O3. The van der Waals surface area contributed by atoms with Crippen LogP contribution in [0.15, 0.2) is 53.7 Å². The van der Waals surface area contributed by atoms with Gasteiger partial charge in [0.1, 0.15) is 5.92 Å². The van der Waals surface area contributed by atoms with Crippen molar-refractivity contribution < 1.29 is 14.3 Å². The summed E-state index contributed by atoms with van der Waals surface area (Å²) in [5.41, 5.74) is 3.63. The van der Waals surface area contributed by atoms with E-state index in [9.17, 15) is 9.59 Å². The second kappa shape index (κ2) is 7.73. The highest BCUT2D eigenvalue weighted by Crippen LogP contribution is 2.45. The highest BCUT2D eigenvalue weighted by molar-refractivity contribution is 6.42. The number of carbonyl (C=O) groups excluding carboxylic acids is 2. The van der Waals surface area contributed by atoms with Crippen LogP contribution in [0.2, 0.25) is 10.0 Å². The Morgan fingerprint density at radius 2 is 1.83 bits per heavy atom. The van der Waals surface area contributed by atoms with Crippen molar-refractivity contribution in [2.75, 3.05) is 17.7 Å². The Morgan fingerprint density at radius 3 is 2.55 bits per heavy atom. The van der Waals surface area contributed by atoms with E-state index < -0.39 is 17.9 Å². The third kappa shape index (κ3) is 3.38. The quantitative estimate of drug-likeness (QED) is 0.504. The van der Waals surface area contributed by atoms with Crippen LogP contribution < -0.4 is 10.6 Å². The van der Waals surface area contributed by atoms with E-state index in [4.69, 9.17) is 27.9 Å².